The molecule has 0 saturated carbocycles. The maximum absolute atomic E-state index is 12.6. The van der Waals surface area contributed by atoms with Crippen molar-refractivity contribution in [1.29, 1.82) is 0 Å². The van der Waals surface area contributed by atoms with Crippen molar-refractivity contribution in [2.24, 2.45) is 13.0 Å². The topological polar surface area (TPSA) is 93.0 Å². The molecular formula is C17H22N6O2. The highest BCUT2D eigenvalue weighted by Crippen LogP contribution is 2.21. The van der Waals surface area contributed by atoms with E-state index in [1.807, 2.05) is 4.90 Å². The number of nitrogens with one attached hydrogen (secondary N) is 1. The number of amides is 2. The van der Waals surface area contributed by atoms with Crippen molar-refractivity contribution in [3.05, 3.63) is 41.7 Å². The lowest BCUT2D eigenvalue weighted by molar-refractivity contribution is 0.0666. The lowest BCUT2D eigenvalue weighted by Gasteiger charge is -2.32. The van der Waals surface area contributed by atoms with Crippen LogP contribution in [0.5, 0.6) is 0 Å². The number of piperidine rings is 1. The summed E-state index contributed by atoms with van der Waals surface area (Å²) in [5.41, 5.74) is 1.67. The predicted octanol–water partition coefficient (Wildman–Crippen LogP) is 0.665. The molecule has 2 amide bonds. The minimum absolute atomic E-state index is 0.0287. The van der Waals surface area contributed by atoms with Crippen LogP contribution in [0.3, 0.4) is 0 Å². The average molecular weight is 342 g/mol. The van der Waals surface area contributed by atoms with E-state index in [0.717, 1.165) is 31.5 Å². The fourth-order valence-electron chi connectivity index (χ4n) is 3.16. The van der Waals surface area contributed by atoms with Crippen molar-refractivity contribution in [1.82, 2.24) is 30.0 Å². The van der Waals surface area contributed by atoms with Gasteiger partial charge < -0.3 is 10.2 Å². The second-order valence-electron chi connectivity index (χ2n) is 6.31. The molecule has 1 aliphatic heterocycles. The molecule has 2 aromatic heterocycles. The molecule has 25 heavy (non-hydrogen) atoms. The summed E-state index contributed by atoms with van der Waals surface area (Å²) in [7, 11) is 3.38. The largest absolute Gasteiger partial charge is 0.354 e. The minimum atomic E-state index is -0.223. The van der Waals surface area contributed by atoms with Gasteiger partial charge in [-0.1, -0.05) is 0 Å². The normalized spacial score (nSPS) is 17.4. The number of hydrogen-bond acceptors (Lipinski definition) is 5. The molecule has 1 N–H and O–H groups in total. The number of hydrogen-bond donors (Lipinski definition) is 1. The highest BCUT2D eigenvalue weighted by atomic mass is 16.2. The third-order valence-electron chi connectivity index (χ3n) is 4.42. The smallest absolute Gasteiger partial charge is 0.274 e. The quantitative estimate of drug-likeness (QED) is 0.881. The number of rotatable bonds is 4. The Kier molecular flexibility index (Phi) is 5.06. The van der Waals surface area contributed by atoms with E-state index in [0.29, 0.717) is 23.9 Å². The first-order valence-electron chi connectivity index (χ1n) is 8.38. The van der Waals surface area contributed by atoms with Crippen molar-refractivity contribution in [2.75, 3.05) is 20.1 Å². The van der Waals surface area contributed by atoms with Crippen molar-refractivity contribution in [3.63, 3.8) is 0 Å². The van der Waals surface area contributed by atoms with Crippen molar-refractivity contribution in [2.45, 2.75) is 19.3 Å². The van der Waals surface area contributed by atoms with Crippen LogP contribution >= 0.6 is 0 Å². The number of nitrogens with zero attached hydrogens (tertiary/aromatic N) is 5. The Morgan fingerprint density at radius 3 is 2.88 bits per heavy atom. The molecule has 8 heteroatoms. The molecule has 1 atom stereocenters. The fourth-order valence-corrected chi connectivity index (χ4v) is 3.16. The zero-order valence-corrected chi connectivity index (χ0v) is 14.5. The second kappa shape index (κ2) is 7.42. The van der Waals surface area contributed by atoms with E-state index >= 15 is 0 Å². The van der Waals surface area contributed by atoms with Crippen LogP contribution in [0.2, 0.25) is 0 Å². The van der Waals surface area contributed by atoms with Crippen LogP contribution in [0.4, 0.5) is 0 Å². The molecule has 0 aliphatic carbocycles. The van der Waals surface area contributed by atoms with Gasteiger partial charge in [-0.25, -0.2) is 9.97 Å². The molecule has 0 bridgehead atoms. The Morgan fingerprint density at radius 2 is 2.16 bits per heavy atom. The van der Waals surface area contributed by atoms with Gasteiger partial charge in [0.25, 0.3) is 11.8 Å². The summed E-state index contributed by atoms with van der Waals surface area (Å²) in [6.45, 7) is 1.42. The molecule has 132 valence electrons. The van der Waals surface area contributed by atoms with Crippen LogP contribution in [-0.4, -0.2) is 56.6 Å². The van der Waals surface area contributed by atoms with Crippen LogP contribution in [0, 0.1) is 5.92 Å². The fraction of sp³-hybridized carbons (Fsp3) is 0.471. The third-order valence-corrected chi connectivity index (χ3v) is 4.42. The van der Waals surface area contributed by atoms with Crippen LogP contribution in [0.15, 0.2) is 24.7 Å². The van der Waals surface area contributed by atoms with Gasteiger partial charge in [0.2, 0.25) is 0 Å². The Morgan fingerprint density at radius 1 is 1.32 bits per heavy atom. The van der Waals surface area contributed by atoms with Gasteiger partial charge in [0.1, 0.15) is 17.7 Å². The Labute approximate surface area is 146 Å². The van der Waals surface area contributed by atoms with E-state index in [1.165, 1.54) is 6.33 Å². The molecule has 1 aliphatic rings. The molecule has 3 rings (SSSR count). The molecule has 2 aromatic rings. The minimum Gasteiger partial charge on any atom is -0.354 e. The van der Waals surface area contributed by atoms with Gasteiger partial charge in [0.05, 0.1) is 0 Å². The third kappa shape index (κ3) is 4.01. The molecule has 8 nitrogen and oxygen atoms in total. The van der Waals surface area contributed by atoms with E-state index in [-0.39, 0.29) is 11.8 Å². The molecule has 1 saturated heterocycles. The summed E-state index contributed by atoms with van der Waals surface area (Å²) in [6.07, 6.45) is 5.90. The summed E-state index contributed by atoms with van der Waals surface area (Å²) in [5.74, 6) is 0.0622. The molecule has 0 radical (unpaired) electrons. The van der Waals surface area contributed by atoms with Gasteiger partial charge in [-0.15, -0.1) is 0 Å². The van der Waals surface area contributed by atoms with Crippen LogP contribution in [-0.2, 0) is 13.5 Å². The lowest BCUT2D eigenvalue weighted by atomic mass is 9.93. The maximum atomic E-state index is 12.6. The second-order valence-corrected chi connectivity index (χ2v) is 6.31. The Bertz CT molecular complexity index is 772. The molecule has 1 fully saturated rings. The maximum Gasteiger partial charge on any atom is 0.274 e. The van der Waals surface area contributed by atoms with Crippen molar-refractivity contribution >= 4 is 11.8 Å². The first-order valence-corrected chi connectivity index (χ1v) is 8.38. The Balaban J connectivity index is 1.66. The summed E-state index contributed by atoms with van der Waals surface area (Å²) < 4.78 is 1.63. The number of aromatic nitrogens is 4. The van der Waals surface area contributed by atoms with Crippen molar-refractivity contribution in [3.8, 4) is 0 Å². The van der Waals surface area contributed by atoms with Crippen LogP contribution < -0.4 is 5.32 Å². The zero-order chi connectivity index (χ0) is 17.8. The first kappa shape index (κ1) is 17.1. The van der Waals surface area contributed by atoms with E-state index in [9.17, 15) is 9.59 Å². The SMILES string of the molecule is CNC(=O)c1cc(C[C@@H]2CCCN(C(=O)c3ccn(C)n3)C2)ncn1. The number of carbonyl (C=O) groups excluding carboxylic acids is 2. The zero-order valence-electron chi connectivity index (χ0n) is 14.5. The highest BCUT2D eigenvalue weighted by Gasteiger charge is 2.26. The number of aryl methyl sites for hydroxylation is 1. The first-order chi connectivity index (χ1) is 12.1. The van der Waals surface area contributed by atoms with Gasteiger partial charge in [0.15, 0.2) is 0 Å². The average Bonchev–Trinajstić information content (AvgIpc) is 3.07. The van der Waals surface area contributed by atoms with Gasteiger partial charge >= 0.3 is 0 Å². The Hall–Kier alpha value is -2.77. The van der Waals surface area contributed by atoms with Crippen LogP contribution in [0.1, 0.15) is 39.5 Å². The van der Waals surface area contributed by atoms with Gasteiger partial charge in [-0.05, 0) is 37.3 Å². The van der Waals surface area contributed by atoms with Gasteiger partial charge in [-0.2, -0.15) is 5.10 Å². The predicted molar refractivity (Wildman–Crippen MR) is 91.0 cm³/mol. The molecule has 3 heterocycles. The monoisotopic (exact) mass is 342 g/mol. The number of carbonyl (C=O) groups is 2. The summed E-state index contributed by atoms with van der Waals surface area (Å²) in [5, 5.41) is 6.76. The highest BCUT2D eigenvalue weighted by molar-refractivity contribution is 5.92. The van der Waals surface area contributed by atoms with E-state index in [1.54, 1.807) is 37.1 Å². The van der Waals surface area contributed by atoms with Crippen LogP contribution in [0.25, 0.3) is 0 Å². The molecule has 0 aromatic carbocycles. The standard InChI is InChI=1S/C17H22N6O2/c1-18-16(24)15-9-13(19-11-20-15)8-12-4-3-6-23(10-12)17(25)14-5-7-22(2)21-14/h5,7,9,11-12H,3-4,6,8,10H2,1-2H3,(H,18,24)/t12-/m0/s1. The summed E-state index contributed by atoms with van der Waals surface area (Å²) in [6, 6.07) is 3.46. The lowest BCUT2D eigenvalue weighted by Crippen LogP contribution is -2.40. The van der Waals surface area contributed by atoms with E-state index < -0.39 is 0 Å². The summed E-state index contributed by atoms with van der Waals surface area (Å²) >= 11 is 0. The van der Waals surface area contributed by atoms with Gasteiger partial charge in [-0.3, -0.25) is 14.3 Å². The molecule has 0 spiro atoms. The van der Waals surface area contributed by atoms with Crippen molar-refractivity contribution < 1.29 is 9.59 Å². The van der Waals surface area contributed by atoms with E-state index in [2.05, 4.69) is 20.4 Å². The molecule has 0 unspecified atom stereocenters. The summed E-state index contributed by atoms with van der Waals surface area (Å²) in [4.78, 5) is 34.4. The van der Waals surface area contributed by atoms with E-state index in [4.69, 9.17) is 0 Å². The number of likely N-dealkylation sites (tertiary alicyclic amines) is 1. The van der Waals surface area contributed by atoms with Gasteiger partial charge in [0, 0.05) is 39.1 Å². The molecular weight excluding hydrogens is 320 g/mol.